The summed E-state index contributed by atoms with van der Waals surface area (Å²) in [6.07, 6.45) is 0. The van der Waals surface area contributed by atoms with Crippen LogP contribution in [-0.2, 0) is 9.53 Å². The van der Waals surface area contributed by atoms with Gasteiger partial charge in [0.15, 0.2) is 18.1 Å². The normalized spacial score (nSPS) is 11.8. The van der Waals surface area contributed by atoms with E-state index in [4.69, 9.17) is 25.8 Å². The highest BCUT2D eigenvalue weighted by molar-refractivity contribution is 6.30. The van der Waals surface area contributed by atoms with E-state index in [1.54, 1.807) is 30.3 Å². The van der Waals surface area contributed by atoms with Crippen molar-refractivity contribution in [2.24, 2.45) is 0 Å². The quantitative estimate of drug-likeness (QED) is 0.420. The monoisotopic (exact) mass is 468 g/mol. The summed E-state index contributed by atoms with van der Waals surface area (Å²) < 4.78 is 17.8. The molecule has 1 amide bonds. The Balaban J connectivity index is 1.36. The van der Waals surface area contributed by atoms with Gasteiger partial charge < -0.3 is 24.1 Å². The van der Waals surface area contributed by atoms with Crippen LogP contribution in [0, 0.1) is 13.8 Å². The molecule has 4 rings (SSSR count). The van der Waals surface area contributed by atoms with Crippen molar-refractivity contribution in [1.82, 2.24) is 9.88 Å². The topological polar surface area (TPSA) is 95.9 Å². The summed E-state index contributed by atoms with van der Waals surface area (Å²) in [7, 11) is 0. The summed E-state index contributed by atoms with van der Waals surface area (Å²) in [4.78, 5) is 36.8. The van der Waals surface area contributed by atoms with E-state index in [2.05, 4.69) is 5.32 Å². The predicted octanol–water partition coefficient (Wildman–Crippen LogP) is 3.63. The average molecular weight is 469 g/mol. The molecule has 9 heteroatoms. The van der Waals surface area contributed by atoms with Crippen LogP contribution < -0.4 is 14.8 Å². The molecule has 0 spiro atoms. The summed E-state index contributed by atoms with van der Waals surface area (Å²) in [5, 5.41) is 2.96. The van der Waals surface area contributed by atoms with E-state index in [0.717, 1.165) is 11.4 Å². The third-order valence-electron chi connectivity index (χ3n) is 5.21. The number of nitrogens with one attached hydrogen (secondary N) is 1. The van der Waals surface area contributed by atoms with Crippen molar-refractivity contribution in [3.8, 4) is 17.2 Å². The fourth-order valence-corrected chi connectivity index (χ4v) is 3.72. The highest BCUT2D eigenvalue weighted by atomic mass is 35.5. The molecule has 0 atom stereocenters. The number of ether oxygens (including phenoxy) is 3. The van der Waals surface area contributed by atoms with E-state index in [9.17, 15) is 14.4 Å². The third kappa shape index (κ3) is 4.85. The van der Waals surface area contributed by atoms with E-state index in [-0.39, 0.29) is 19.1 Å². The van der Waals surface area contributed by atoms with Crippen molar-refractivity contribution in [3.05, 3.63) is 76.1 Å². The van der Waals surface area contributed by atoms with Crippen LogP contribution in [-0.4, -0.2) is 42.2 Å². The first kappa shape index (κ1) is 22.4. The van der Waals surface area contributed by atoms with Crippen LogP contribution in [0.15, 0.2) is 48.5 Å². The van der Waals surface area contributed by atoms with E-state index < -0.39 is 18.5 Å². The van der Waals surface area contributed by atoms with Gasteiger partial charge in [0.05, 0.1) is 0 Å². The fraction of sp³-hybridized carbons (Fsp3) is 0.208. The largest absolute Gasteiger partial charge is 0.456 e. The van der Waals surface area contributed by atoms with Gasteiger partial charge in [-0.2, -0.15) is 0 Å². The number of hydrogen-bond acceptors (Lipinski definition) is 6. The van der Waals surface area contributed by atoms with Crippen molar-refractivity contribution >= 4 is 29.3 Å². The zero-order chi connectivity index (χ0) is 23.5. The van der Waals surface area contributed by atoms with E-state index in [0.29, 0.717) is 33.3 Å². The number of benzene rings is 2. The second-order valence-electron chi connectivity index (χ2n) is 7.43. The molecule has 0 fully saturated rings. The first-order chi connectivity index (χ1) is 15.8. The number of rotatable bonds is 7. The Morgan fingerprint density at radius 3 is 2.52 bits per heavy atom. The molecule has 0 unspecified atom stereocenters. The van der Waals surface area contributed by atoms with Gasteiger partial charge in [-0.15, -0.1) is 0 Å². The van der Waals surface area contributed by atoms with Gasteiger partial charge in [0, 0.05) is 39.3 Å². The molecule has 0 radical (unpaired) electrons. The van der Waals surface area contributed by atoms with Gasteiger partial charge in [-0.05, 0) is 56.3 Å². The molecular formula is C24H21ClN2O6. The molecule has 0 bridgehead atoms. The molecule has 2 aromatic carbocycles. The third-order valence-corrected chi connectivity index (χ3v) is 5.46. The fourth-order valence-electron chi connectivity index (χ4n) is 3.60. The standard InChI is InChI=1S/C24H21ClN2O6/c1-14-9-19(15(2)27(14)18-7-8-21-22(10-18)33-13-32-21)20(28)12-31-23(29)11-26-24(30)16-3-5-17(25)6-4-16/h3-10H,11-13H2,1-2H3,(H,26,30). The molecule has 33 heavy (non-hydrogen) atoms. The SMILES string of the molecule is Cc1cc(C(=O)COC(=O)CNC(=O)c2ccc(Cl)cc2)c(C)n1-c1ccc2c(c1)OCO2. The number of amides is 1. The Hall–Kier alpha value is -3.78. The summed E-state index contributed by atoms with van der Waals surface area (Å²) in [6.45, 7) is 3.09. The molecule has 1 N–H and O–H groups in total. The molecule has 8 nitrogen and oxygen atoms in total. The average Bonchev–Trinajstić information content (AvgIpc) is 3.39. The maximum absolute atomic E-state index is 12.7. The van der Waals surface area contributed by atoms with E-state index >= 15 is 0 Å². The highest BCUT2D eigenvalue weighted by Gasteiger charge is 2.20. The van der Waals surface area contributed by atoms with Crippen LogP contribution in [0.3, 0.4) is 0 Å². The summed E-state index contributed by atoms with van der Waals surface area (Å²) in [5.74, 6) is -0.181. The van der Waals surface area contributed by atoms with Crippen LogP contribution in [0.1, 0.15) is 32.1 Å². The Kier molecular flexibility index (Phi) is 6.37. The Morgan fingerprint density at radius 2 is 1.76 bits per heavy atom. The summed E-state index contributed by atoms with van der Waals surface area (Å²) in [5.41, 5.74) is 3.19. The van der Waals surface area contributed by atoms with Crippen molar-refractivity contribution < 1.29 is 28.6 Å². The van der Waals surface area contributed by atoms with Crippen molar-refractivity contribution in [1.29, 1.82) is 0 Å². The van der Waals surface area contributed by atoms with Crippen LogP contribution in [0.5, 0.6) is 11.5 Å². The first-order valence-corrected chi connectivity index (χ1v) is 10.5. The molecule has 170 valence electrons. The minimum absolute atomic E-state index is 0.178. The summed E-state index contributed by atoms with van der Waals surface area (Å²) in [6, 6.07) is 13.5. The van der Waals surface area contributed by atoms with Crippen molar-refractivity contribution in [2.45, 2.75) is 13.8 Å². The summed E-state index contributed by atoms with van der Waals surface area (Å²) >= 11 is 5.79. The maximum Gasteiger partial charge on any atom is 0.325 e. The minimum Gasteiger partial charge on any atom is -0.456 e. The number of carbonyl (C=O) groups is 3. The number of Topliss-reactive ketones (excluding diaryl/α,β-unsaturated/α-hetero) is 1. The van der Waals surface area contributed by atoms with Crippen molar-refractivity contribution in [3.63, 3.8) is 0 Å². The molecular weight excluding hydrogens is 448 g/mol. The predicted molar refractivity (Wildman–Crippen MR) is 120 cm³/mol. The lowest BCUT2D eigenvalue weighted by Gasteiger charge is -2.11. The minimum atomic E-state index is -0.713. The van der Waals surface area contributed by atoms with Crippen LogP contribution in [0.4, 0.5) is 0 Å². The van der Waals surface area contributed by atoms with E-state index in [1.165, 1.54) is 0 Å². The number of ketones is 1. The maximum atomic E-state index is 12.7. The second-order valence-corrected chi connectivity index (χ2v) is 7.87. The number of aryl methyl sites for hydroxylation is 1. The molecule has 2 heterocycles. The highest BCUT2D eigenvalue weighted by Crippen LogP contribution is 2.34. The lowest BCUT2D eigenvalue weighted by Crippen LogP contribution is -2.31. The number of hydrogen-bond donors (Lipinski definition) is 1. The van der Waals surface area contributed by atoms with Gasteiger partial charge in [0.25, 0.3) is 5.91 Å². The Bertz CT molecular complexity index is 1230. The number of carbonyl (C=O) groups excluding carboxylic acids is 3. The zero-order valence-corrected chi connectivity index (χ0v) is 18.8. The lowest BCUT2D eigenvalue weighted by molar-refractivity contribution is -0.141. The van der Waals surface area contributed by atoms with Crippen LogP contribution in [0.25, 0.3) is 5.69 Å². The van der Waals surface area contributed by atoms with Gasteiger partial charge in [0.2, 0.25) is 12.6 Å². The van der Waals surface area contributed by atoms with Gasteiger partial charge in [-0.1, -0.05) is 11.6 Å². The van der Waals surface area contributed by atoms with Crippen molar-refractivity contribution in [2.75, 3.05) is 19.9 Å². The number of aromatic nitrogens is 1. The Morgan fingerprint density at radius 1 is 1.03 bits per heavy atom. The number of esters is 1. The smallest absolute Gasteiger partial charge is 0.325 e. The molecule has 1 aromatic heterocycles. The lowest BCUT2D eigenvalue weighted by atomic mass is 10.1. The van der Waals surface area contributed by atoms with Crippen LogP contribution >= 0.6 is 11.6 Å². The molecule has 0 saturated carbocycles. The number of nitrogens with zero attached hydrogens (tertiary/aromatic N) is 1. The first-order valence-electron chi connectivity index (χ1n) is 10.1. The second kappa shape index (κ2) is 9.38. The van der Waals surface area contributed by atoms with Gasteiger partial charge in [-0.25, -0.2) is 0 Å². The number of halogens is 1. The van der Waals surface area contributed by atoms with Gasteiger partial charge >= 0.3 is 5.97 Å². The number of fused-ring (bicyclic) bond motifs is 1. The molecule has 0 saturated heterocycles. The van der Waals surface area contributed by atoms with Crippen LogP contribution in [0.2, 0.25) is 5.02 Å². The van der Waals surface area contributed by atoms with E-state index in [1.807, 2.05) is 36.6 Å². The molecule has 1 aliphatic heterocycles. The zero-order valence-electron chi connectivity index (χ0n) is 18.0. The Labute approximate surface area is 195 Å². The molecule has 0 aliphatic carbocycles. The van der Waals surface area contributed by atoms with Gasteiger partial charge in [-0.3, -0.25) is 14.4 Å². The van der Waals surface area contributed by atoms with Gasteiger partial charge in [0.1, 0.15) is 6.54 Å². The molecule has 1 aliphatic rings. The molecule has 3 aromatic rings.